The molecule has 0 radical (unpaired) electrons. The summed E-state index contributed by atoms with van der Waals surface area (Å²) in [5.74, 6) is -2.36. The van der Waals surface area contributed by atoms with Crippen molar-refractivity contribution in [3.05, 3.63) is 21.9 Å². The highest BCUT2D eigenvalue weighted by Gasteiger charge is 2.16. The van der Waals surface area contributed by atoms with Crippen LogP contribution in [0.2, 0.25) is 0 Å². The number of carboxylic acid groups (broad SMARTS) is 2. The predicted octanol–water partition coefficient (Wildman–Crippen LogP) is 1.56. The van der Waals surface area contributed by atoms with Gasteiger partial charge < -0.3 is 10.2 Å². The minimum Gasteiger partial charge on any atom is -0.481 e. The van der Waals surface area contributed by atoms with E-state index in [0.29, 0.717) is 9.75 Å². The summed E-state index contributed by atoms with van der Waals surface area (Å²) >= 11 is 1.24. The monoisotopic (exact) mass is 214 g/mol. The molecule has 0 bridgehead atoms. The van der Waals surface area contributed by atoms with Crippen molar-refractivity contribution in [2.75, 3.05) is 0 Å². The molecule has 1 rings (SSSR count). The summed E-state index contributed by atoms with van der Waals surface area (Å²) in [4.78, 5) is 22.4. The van der Waals surface area contributed by atoms with Gasteiger partial charge in [-0.25, -0.2) is 0 Å². The summed E-state index contributed by atoms with van der Waals surface area (Å²) in [6, 6.07) is 3.33. The van der Waals surface area contributed by atoms with Crippen LogP contribution in [0.5, 0.6) is 0 Å². The Labute approximate surface area is 84.8 Å². The zero-order valence-electron chi connectivity index (χ0n) is 7.56. The van der Waals surface area contributed by atoms with E-state index in [2.05, 4.69) is 0 Å². The largest absolute Gasteiger partial charge is 0.481 e. The normalized spacial score (nSPS) is 12.4. The van der Waals surface area contributed by atoms with Crippen molar-refractivity contribution in [2.24, 2.45) is 0 Å². The van der Waals surface area contributed by atoms with Crippen LogP contribution in [0, 0.1) is 0 Å². The van der Waals surface area contributed by atoms with E-state index in [4.69, 9.17) is 10.2 Å². The molecule has 1 aromatic heterocycles. The van der Waals surface area contributed by atoms with Crippen LogP contribution < -0.4 is 0 Å². The Kier molecular flexibility index (Phi) is 3.24. The molecule has 0 aliphatic rings. The van der Waals surface area contributed by atoms with Gasteiger partial charge in [0.1, 0.15) is 0 Å². The number of hydrogen-bond donors (Lipinski definition) is 2. The Morgan fingerprint density at radius 2 is 2.07 bits per heavy atom. The van der Waals surface area contributed by atoms with Gasteiger partial charge in [0, 0.05) is 9.75 Å². The highest BCUT2D eigenvalue weighted by Crippen LogP contribution is 2.25. The molecule has 1 heterocycles. The molecule has 0 aliphatic heterocycles. The topological polar surface area (TPSA) is 74.6 Å². The van der Waals surface area contributed by atoms with E-state index in [0.717, 1.165) is 0 Å². The minimum atomic E-state index is -0.902. The molecule has 4 nitrogen and oxygen atoms in total. The van der Waals surface area contributed by atoms with Crippen LogP contribution in [0.1, 0.15) is 22.6 Å². The molecular weight excluding hydrogens is 204 g/mol. The fourth-order valence-electron chi connectivity index (χ4n) is 0.993. The molecule has 1 unspecified atom stereocenters. The lowest BCUT2D eigenvalue weighted by atomic mass is 10.1. The van der Waals surface area contributed by atoms with E-state index in [1.807, 2.05) is 0 Å². The first kappa shape index (κ1) is 10.7. The van der Waals surface area contributed by atoms with Crippen LogP contribution in [0.25, 0.3) is 0 Å². The number of thiophene rings is 1. The number of aliphatic carboxylic acids is 2. The maximum atomic E-state index is 10.6. The predicted molar refractivity (Wildman–Crippen MR) is 51.7 cm³/mol. The van der Waals surface area contributed by atoms with Gasteiger partial charge in [0.15, 0.2) is 0 Å². The van der Waals surface area contributed by atoms with Crippen molar-refractivity contribution in [2.45, 2.75) is 19.3 Å². The lowest BCUT2D eigenvalue weighted by molar-refractivity contribution is -0.138. The maximum absolute atomic E-state index is 10.6. The first-order valence-corrected chi connectivity index (χ1v) is 4.85. The summed E-state index contributed by atoms with van der Waals surface area (Å²) in [6.45, 7) is 1.58. The van der Waals surface area contributed by atoms with E-state index in [1.54, 1.807) is 19.1 Å². The van der Waals surface area contributed by atoms with Crippen molar-refractivity contribution < 1.29 is 19.8 Å². The summed E-state index contributed by atoms with van der Waals surface area (Å²) < 4.78 is 0. The molecule has 0 saturated heterocycles. The second-order valence-corrected chi connectivity index (χ2v) is 4.13. The number of carboxylic acids is 2. The van der Waals surface area contributed by atoms with Gasteiger partial charge in [0.05, 0.1) is 12.3 Å². The summed E-state index contributed by atoms with van der Waals surface area (Å²) in [5.41, 5.74) is 0. The van der Waals surface area contributed by atoms with Crippen LogP contribution in [0.3, 0.4) is 0 Å². The first-order chi connectivity index (χ1) is 6.50. The molecular formula is C9H10O4S. The molecule has 0 amide bonds. The summed E-state index contributed by atoms with van der Waals surface area (Å²) in [7, 11) is 0. The minimum absolute atomic E-state index is 0.0446. The molecule has 2 N–H and O–H groups in total. The molecule has 0 aromatic carbocycles. The molecule has 0 saturated carbocycles. The third-order valence-electron chi connectivity index (χ3n) is 1.81. The van der Waals surface area contributed by atoms with Crippen LogP contribution in [0.15, 0.2) is 12.1 Å². The first-order valence-electron chi connectivity index (χ1n) is 4.04. The Morgan fingerprint density at radius 3 is 2.57 bits per heavy atom. The van der Waals surface area contributed by atoms with Crippen molar-refractivity contribution in [1.82, 2.24) is 0 Å². The lowest BCUT2D eigenvalue weighted by Gasteiger charge is -2.00. The van der Waals surface area contributed by atoms with Crippen molar-refractivity contribution in [3.8, 4) is 0 Å². The van der Waals surface area contributed by atoms with E-state index in [-0.39, 0.29) is 6.42 Å². The van der Waals surface area contributed by atoms with Crippen molar-refractivity contribution >= 4 is 23.3 Å². The van der Waals surface area contributed by atoms with Gasteiger partial charge in [0.2, 0.25) is 0 Å². The van der Waals surface area contributed by atoms with Gasteiger partial charge in [-0.1, -0.05) is 0 Å². The van der Waals surface area contributed by atoms with Crippen LogP contribution in [-0.2, 0) is 16.0 Å². The highest BCUT2D eigenvalue weighted by molar-refractivity contribution is 7.12. The quantitative estimate of drug-likeness (QED) is 0.797. The summed E-state index contributed by atoms with van der Waals surface area (Å²) in [5, 5.41) is 17.2. The molecule has 1 atom stereocenters. The van der Waals surface area contributed by atoms with E-state index >= 15 is 0 Å². The van der Waals surface area contributed by atoms with Crippen LogP contribution in [0.4, 0.5) is 0 Å². The van der Waals surface area contributed by atoms with Gasteiger partial charge >= 0.3 is 11.9 Å². The molecule has 0 fully saturated rings. The van der Waals surface area contributed by atoms with E-state index in [1.165, 1.54) is 11.3 Å². The SMILES string of the molecule is CC(C(=O)O)c1ccc(CC(=O)O)s1. The fourth-order valence-corrected chi connectivity index (χ4v) is 2.04. The van der Waals surface area contributed by atoms with Gasteiger partial charge in [-0.05, 0) is 19.1 Å². The Hall–Kier alpha value is -1.36. The van der Waals surface area contributed by atoms with Gasteiger partial charge in [-0.15, -0.1) is 11.3 Å². The van der Waals surface area contributed by atoms with Crippen molar-refractivity contribution in [3.63, 3.8) is 0 Å². The smallest absolute Gasteiger partial charge is 0.311 e. The fraction of sp³-hybridized carbons (Fsp3) is 0.333. The third kappa shape index (κ3) is 2.56. The van der Waals surface area contributed by atoms with Gasteiger partial charge in [-0.3, -0.25) is 9.59 Å². The molecule has 76 valence electrons. The zero-order valence-corrected chi connectivity index (χ0v) is 8.37. The number of hydrogen-bond acceptors (Lipinski definition) is 3. The Bertz CT molecular complexity index is 355. The van der Waals surface area contributed by atoms with E-state index < -0.39 is 17.9 Å². The van der Waals surface area contributed by atoms with Crippen LogP contribution >= 0.6 is 11.3 Å². The number of rotatable bonds is 4. The van der Waals surface area contributed by atoms with Gasteiger partial charge in [-0.2, -0.15) is 0 Å². The number of carbonyl (C=O) groups is 2. The molecule has 5 heteroatoms. The van der Waals surface area contributed by atoms with E-state index in [9.17, 15) is 9.59 Å². The van der Waals surface area contributed by atoms with Crippen molar-refractivity contribution in [1.29, 1.82) is 0 Å². The second-order valence-electron chi connectivity index (χ2n) is 2.93. The second kappa shape index (κ2) is 4.23. The Morgan fingerprint density at radius 1 is 1.43 bits per heavy atom. The summed E-state index contributed by atoms with van der Waals surface area (Å²) in [6.07, 6.45) is -0.0446. The molecule has 1 aromatic rings. The molecule has 0 spiro atoms. The molecule has 0 aliphatic carbocycles. The highest BCUT2D eigenvalue weighted by atomic mass is 32.1. The average molecular weight is 214 g/mol. The maximum Gasteiger partial charge on any atom is 0.311 e. The standard InChI is InChI=1S/C9H10O4S/c1-5(9(12)13)7-3-2-6(14-7)4-8(10)11/h2-3,5H,4H2,1H3,(H,10,11)(H,12,13). The van der Waals surface area contributed by atoms with Crippen LogP contribution in [-0.4, -0.2) is 22.2 Å². The zero-order chi connectivity index (χ0) is 10.7. The third-order valence-corrected chi connectivity index (χ3v) is 3.07. The van der Waals surface area contributed by atoms with Gasteiger partial charge in [0.25, 0.3) is 0 Å². The average Bonchev–Trinajstić information content (AvgIpc) is 2.50. The lowest BCUT2D eigenvalue weighted by Crippen LogP contribution is -2.05. The Balaban J connectivity index is 2.77. The molecule has 14 heavy (non-hydrogen) atoms.